The molecule has 1 aliphatic rings. The van der Waals surface area contributed by atoms with Gasteiger partial charge in [0.1, 0.15) is 5.75 Å². The molecule has 116 valence electrons. The lowest BCUT2D eigenvalue weighted by Crippen LogP contribution is -2.25. The highest BCUT2D eigenvalue weighted by Gasteiger charge is 2.20. The molecule has 3 rings (SSSR count). The van der Waals surface area contributed by atoms with E-state index in [9.17, 15) is 5.11 Å². The highest BCUT2D eigenvalue weighted by molar-refractivity contribution is 6.33. The molecule has 5 heteroatoms. The molecular weight excluding hydrogens is 300 g/mol. The van der Waals surface area contributed by atoms with Crippen molar-refractivity contribution in [1.29, 1.82) is 0 Å². The van der Waals surface area contributed by atoms with E-state index in [0.29, 0.717) is 10.7 Å². The van der Waals surface area contributed by atoms with Gasteiger partial charge in [-0.2, -0.15) is 0 Å². The van der Waals surface area contributed by atoms with E-state index in [1.54, 1.807) is 7.11 Å². The molecule has 2 aromatic carbocycles. The van der Waals surface area contributed by atoms with Crippen LogP contribution in [-0.4, -0.2) is 25.3 Å². The van der Waals surface area contributed by atoms with Gasteiger partial charge in [-0.1, -0.05) is 11.6 Å². The summed E-state index contributed by atoms with van der Waals surface area (Å²) < 4.78 is 5.20. The first-order valence-electron chi connectivity index (χ1n) is 7.28. The summed E-state index contributed by atoms with van der Waals surface area (Å²) in [6.45, 7) is 1.74. The van der Waals surface area contributed by atoms with E-state index >= 15 is 0 Å². The van der Waals surface area contributed by atoms with Gasteiger partial charge in [0.15, 0.2) is 5.75 Å². The van der Waals surface area contributed by atoms with Crippen LogP contribution in [0.3, 0.4) is 0 Å². The number of nitrogens with zero attached hydrogens (tertiary/aromatic N) is 1. The highest BCUT2D eigenvalue weighted by atomic mass is 35.5. The van der Waals surface area contributed by atoms with Crippen LogP contribution in [0.1, 0.15) is 11.1 Å². The summed E-state index contributed by atoms with van der Waals surface area (Å²) in [7, 11) is 1.66. The van der Waals surface area contributed by atoms with E-state index in [2.05, 4.69) is 17.0 Å². The van der Waals surface area contributed by atoms with Gasteiger partial charge in [0.2, 0.25) is 0 Å². The van der Waals surface area contributed by atoms with Gasteiger partial charge in [-0.15, -0.1) is 0 Å². The molecule has 1 heterocycles. The Hall–Kier alpha value is -2.07. The number of rotatable bonds is 2. The van der Waals surface area contributed by atoms with E-state index in [-0.39, 0.29) is 5.75 Å². The number of hydrogen-bond donors (Lipinski definition) is 2. The Morgan fingerprint density at radius 3 is 2.55 bits per heavy atom. The molecule has 0 fully saturated rings. The predicted octanol–water partition coefficient (Wildman–Crippen LogP) is 3.24. The SMILES string of the molecule is COc1ccc(N2CCc3cc(N)c(O)c(Cl)c3CC2)cc1. The van der Waals surface area contributed by atoms with Crippen LogP contribution < -0.4 is 15.4 Å². The number of hydrogen-bond acceptors (Lipinski definition) is 4. The van der Waals surface area contributed by atoms with Gasteiger partial charge in [-0.05, 0) is 54.3 Å². The molecule has 0 aromatic heterocycles. The van der Waals surface area contributed by atoms with E-state index in [1.807, 2.05) is 18.2 Å². The largest absolute Gasteiger partial charge is 0.504 e. The predicted molar refractivity (Wildman–Crippen MR) is 90.1 cm³/mol. The number of nitrogens with two attached hydrogens (primary N) is 1. The lowest BCUT2D eigenvalue weighted by atomic mass is 10.0. The van der Waals surface area contributed by atoms with Crippen LogP contribution in [0.4, 0.5) is 11.4 Å². The second-order valence-electron chi connectivity index (χ2n) is 5.45. The highest BCUT2D eigenvalue weighted by Crippen LogP contribution is 2.37. The van der Waals surface area contributed by atoms with Crippen molar-refractivity contribution in [2.45, 2.75) is 12.8 Å². The molecule has 0 bridgehead atoms. The first-order chi connectivity index (χ1) is 10.6. The molecule has 0 aliphatic carbocycles. The number of phenolic OH excluding ortho intramolecular Hbond substituents is 1. The van der Waals surface area contributed by atoms with Crippen molar-refractivity contribution in [3.63, 3.8) is 0 Å². The molecule has 22 heavy (non-hydrogen) atoms. The third kappa shape index (κ3) is 2.66. The molecule has 0 spiro atoms. The lowest BCUT2D eigenvalue weighted by Gasteiger charge is -2.22. The maximum atomic E-state index is 9.91. The summed E-state index contributed by atoms with van der Waals surface area (Å²) in [5.74, 6) is 0.848. The number of methoxy groups -OCH3 is 1. The van der Waals surface area contributed by atoms with Gasteiger partial charge in [0, 0.05) is 18.8 Å². The molecule has 1 aliphatic heterocycles. The fourth-order valence-corrected chi connectivity index (χ4v) is 3.24. The fourth-order valence-electron chi connectivity index (χ4n) is 2.91. The summed E-state index contributed by atoms with van der Waals surface area (Å²) in [5, 5.41) is 10.3. The lowest BCUT2D eigenvalue weighted by molar-refractivity contribution is 0.415. The van der Waals surface area contributed by atoms with Crippen molar-refractivity contribution >= 4 is 23.0 Å². The first-order valence-corrected chi connectivity index (χ1v) is 7.65. The minimum Gasteiger partial charge on any atom is -0.504 e. The van der Waals surface area contributed by atoms with E-state index in [0.717, 1.165) is 48.5 Å². The van der Waals surface area contributed by atoms with Crippen molar-refractivity contribution in [3.05, 3.63) is 46.5 Å². The van der Waals surface area contributed by atoms with Gasteiger partial charge in [-0.3, -0.25) is 0 Å². The number of benzene rings is 2. The van der Waals surface area contributed by atoms with E-state index < -0.39 is 0 Å². The third-order valence-corrected chi connectivity index (χ3v) is 4.59. The van der Waals surface area contributed by atoms with Crippen molar-refractivity contribution in [2.24, 2.45) is 0 Å². The number of nitrogen functional groups attached to an aromatic ring is 1. The third-order valence-electron chi connectivity index (χ3n) is 4.18. The number of aromatic hydroxyl groups is 1. The Morgan fingerprint density at radius 1 is 1.18 bits per heavy atom. The summed E-state index contributed by atoms with van der Waals surface area (Å²) >= 11 is 6.26. The van der Waals surface area contributed by atoms with Crippen molar-refractivity contribution in [3.8, 4) is 11.5 Å². The molecule has 3 N–H and O–H groups in total. The van der Waals surface area contributed by atoms with Crippen LogP contribution in [0.25, 0.3) is 0 Å². The summed E-state index contributed by atoms with van der Waals surface area (Å²) in [5.41, 5.74) is 9.44. The van der Waals surface area contributed by atoms with Crippen LogP contribution in [0, 0.1) is 0 Å². The van der Waals surface area contributed by atoms with Gasteiger partial charge in [0.05, 0.1) is 17.8 Å². The smallest absolute Gasteiger partial charge is 0.157 e. The van der Waals surface area contributed by atoms with Crippen LogP contribution in [0.15, 0.2) is 30.3 Å². The Balaban J connectivity index is 1.85. The topological polar surface area (TPSA) is 58.7 Å². The Morgan fingerprint density at radius 2 is 1.86 bits per heavy atom. The zero-order valence-electron chi connectivity index (χ0n) is 12.5. The number of phenols is 1. The van der Waals surface area contributed by atoms with Gasteiger partial charge < -0.3 is 20.5 Å². The standard InChI is InChI=1S/C17H19ClN2O2/c1-22-13-4-2-12(3-5-13)20-8-6-11-10-15(19)17(21)16(18)14(11)7-9-20/h2-5,10,21H,6-9,19H2,1H3. The van der Waals surface area contributed by atoms with Gasteiger partial charge in [0.25, 0.3) is 0 Å². The number of anilines is 2. The Kier molecular flexibility index (Phi) is 4.03. The Bertz CT molecular complexity index is 686. The summed E-state index contributed by atoms with van der Waals surface area (Å²) in [6.07, 6.45) is 1.64. The number of fused-ring (bicyclic) bond motifs is 1. The van der Waals surface area contributed by atoms with Gasteiger partial charge in [-0.25, -0.2) is 0 Å². The zero-order valence-corrected chi connectivity index (χ0v) is 13.2. The average Bonchev–Trinajstić information content (AvgIpc) is 2.75. The first kappa shape index (κ1) is 14.9. The molecule has 0 saturated heterocycles. The average molecular weight is 319 g/mol. The van der Waals surface area contributed by atoms with Crippen molar-refractivity contribution in [1.82, 2.24) is 0 Å². The molecule has 0 atom stereocenters. The molecule has 0 radical (unpaired) electrons. The maximum Gasteiger partial charge on any atom is 0.157 e. The Labute approximate surface area is 135 Å². The monoisotopic (exact) mass is 318 g/mol. The molecule has 4 nitrogen and oxygen atoms in total. The second kappa shape index (κ2) is 5.97. The van der Waals surface area contributed by atoms with Crippen LogP contribution in [0.5, 0.6) is 11.5 Å². The molecule has 0 saturated carbocycles. The molecule has 0 amide bonds. The normalized spacial score (nSPS) is 14.4. The van der Waals surface area contributed by atoms with Crippen LogP contribution >= 0.6 is 11.6 Å². The maximum absolute atomic E-state index is 9.91. The van der Waals surface area contributed by atoms with Crippen molar-refractivity contribution < 1.29 is 9.84 Å². The molecule has 2 aromatic rings. The zero-order chi connectivity index (χ0) is 15.7. The van der Waals surface area contributed by atoms with Crippen molar-refractivity contribution in [2.75, 3.05) is 30.8 Å². The second-order valence-corrected chi connectivity index (χ2v) is 5.83. The van der Waals surface area contributed by atoms with E-state index in [1.165, 1.54) is 0 Å². The minimum absolute atomic E-state index is 0.00156. The minimum atomic E-state index is -0.00156. The van der Waals surface area contributed by atoms with Crippen LogP contribution in [0.2, 0.25) is 5.02 Å². The summed E-state index contributed by atoms with van der Waals surface area (Å²) in [6, 6.07) is 9.88. The van der Waals surface area contributed by atoms with Crippen LogP contribution in [-0.2, 0) is 12.8 Å². The quantitative estimate of drug-likeness (QED) is 0.659. The number of halogens is 1. The fraction of sp³-hybridized carbons (Fsp3) is 0.294. The summed E-state index contributed by atoms with van der Waals surface area (Å²) in [4.78, 5) is 2.31. The molecular formula is C17H19ClN2O2. The molecule has 0 unspecified atom stereocenters. The number of ether oxygens (including phenoxy) is 1. The van der Waals surface area contributed by atoms with Gasteiger partial charge >= 0.3 is 0 Å². The van der Waals surface area contributed by atoms with E-state index in [4.69, 9.17) is 22.1 Å².